The normalized spacial score (nSPS) is 36.5. The van der Waals surface area contributed by atoms with Crippen LogP contribution in [0.2, 0.25) is 0 Å². The molecular weight excluding hydrogens is 1650 g/mol. The van der Waals surface area contributed by atoms with Gasteiger partial charge >= 0.3 is 47.4 Å². The molecule has 43 nitrogen and oxygen atoms in total. The molecule has 0 saturated carbocycles. The first-order chi connectivity index (χ1) is 40.7. The molecule has 8 saturated heterocycles. The Morgan fingerprint density at radius 2 is 0.649 bits per heavy atom. The van der Waals surface area contributed by atoms with E-state index in [9.17, 15) is 132 Å². The van der Waals surface area contributed by atoms with Gasteiger partial charge in [-0.05, 0) is 90.6 Å². The van der Waals surface area contributed by atoms with E-state index >= 15 is 0 Å². The van der Waals surface area contributed by atoms with E-state index < -0.39 is 243 Å². The summed E-state index contributed by atoms with van der Waals surface area (Å²) in [6.07, 6.45) is -6.12. The maximum atomic E-state index is 12.6. The van der Waals surface area contributed by atoms with Gasteiger partial charge in [0.1, 0.15) is 19.6 Å². The van der Waals surface area contributed by atoms with E-state index in [0.717, 1.165) is 13.8 Å². The van der Waals surface area contributed by atoms with Crippen LogP contribution >= 0.6 is 0 Å². The Kier molecular flexibility index (Phi) is 28.0. The average molecular weight is 1710 g/mol. The summed E-state index contributed by atoms with van der Waals surface area (Å²) in [4.78, 5) is 10.1. The lowest BCUT2D eigenvalue weighted by Crippen LogP contribution is -2.54. The topological polar surface area (TPSA) is 609 Å². The lowest BCUT2D eigenvalue weighted by atomic mass is 10.4. The van der Waals surface area contributed by atoms with Crippen LogP contribution in [0, 0.1) is 0 Å². The van der Waals surface area contributed by atoms with Crippen molar-refractivity contribution in [3.05, 3.63) is 0 Å². The van der Waals surface area contributed by atoms with Crippen molar-refractivity contribution in [2.24, 2.45) is 0 Å². The SMILES string of the molecule is C=S1(=O)CS(=O)(=O)OC(C)(C)O1.C=S1(=O)CS(=O)(=O)OC(F)(F)O1.C=S1(=O)CS(=O)(=O)OCCO1.C=S1(=O)CS(=O)(=O)OCO1.C=S1(=O)OCOS(=O)(=O)C1(C)C.C=S1(=O)OCOS(=O)(=O)C1(F)F.CC1(C)OS(=O)(=O)C(C)(C)S(=O)(=O)O1.O=C1OS(=O)(=O)CS(=O)(=O)O1. The number of alkyl halides is 4. The quantitative estimate of drug-likeness (QED) is 0.125. The highest BCUT2D eigenvalue weighted by Crippen LogP contribution is 2.39. The monoisotopic (exact) mass is 1700 g/mol. The van der Waals surface area contributed by atoms with Gasteiger partial charge in [0.05, 0.1) is 42.6 Å². The zero-order valence-electron chi connectivity index (χ0n) is 48.4. The number of halogens is 4. The molecule has 0 aromatic rings. The molecule has 8 heterocycles. The summed E-state index contributed by atoms with van der Waals surface area (Å²) in [5.41, 5.74) is 0. The summed E-state index contributed by atoms with van der Waals surface area (Å²) in [6, 6.07) is 0. The first-order valence-electron chi connectivity index (χ1n) is 22.2. The summed E-state index contributed by atoms with van der Waals surface area (Å²) >= 11 is 0. The number of hydrogen-bond donors (Lipinski definition) is 0. The lowest BCUT2D eigenvalue weighted by molar-refractivity contribution is -0.304. The molecule has 0 radical (unpaired) electrons. The van der Waals surface area contributed by atoms with E-state index in [2.05, 4.69) is 98.0 Å². The third-order valence-corrected chi connectivity index (χ3v) is 40.2. The molecule has 63 heteroatoms. The Balaban J connectivity index is 0.000000538. The molecule has 8 fully saturated rings. The van der Waals surface area contributed by atoms with Crippen molar-refractivity contribution in [2.45, 2.75) is 86.0 Å². The maximum Gasteiger partial charge on any atom is 0.540 e. The highest BCUT2D eigenvalue weighted by Gasteiger charge is 2.59. The lowest BCUT2D eigenvalue weighted by Gasteiger charge is -2.36. The van der Waals surface area contributed by atoms with Crippen molar-refractivity contribution in [1.82, 2.24) is 0 Å². The van der Waals surface area contributed by atoms with Gasteiger partial charge in [0.2, 0.25) is 9.16 Å². The summed E-state index contributed by atoms with van der Waals surface area (Å²) in [5, 5.41) is -4.47. The molecule has 8 aliphatic heterocycles. The van der Waals surface area contributed by atoms with E-state index in [4.69, 9.17) is 4.18 Å². The van der Waals surface area contributed by atoms with Crippen LogP contribution in [-0.4, -0.2) is 240 Å². The van der Waals surface area contributed by atoms with E-state index in [-0.39, 0.29) is 13.2 Å². The molecule has 8 aliphatic rings. The van der Waals surface area contributed by atoms with E-state index in [1.54, 1.807) is 0 Å². The molecule has 0 aromatic heterocycles. The van der Waals surface area contributed by atoms with E-state index in [1.807, 2.05) is 0 Å². The molecule has 0 bridgehead atoms. The predicted octanol–water partition coefficient (Wildman–Crippen LogP) is -4.82. The molecule has 0 aromatic carbocycles. The number of hydrogen-bond acceptors (Lipinski definition) is 43. The second-order valence-corrected chi connectivity index (χ2v) is 51.7. The molecule has 0 spiro atoms. The summed E-state index contributed by atoms with van der Waals surface area (Å²) in [7, 11) is -61.7. The van der Waals surface area contributed by atoms with Crippen molar-refractivity contribution in [3.8, 4) is 0 Å². The largest absolute Gasteiger partial charge is 0.540 e. The number of rotatable bonds is 0. The van der Waals surface area contributed by atoms with Crippen LogP contribution in [-0.2, 0) is 227 Å². The number of carbonyl (C=O) groups excluding carboxylic acids is 1. The predicted molar refractivity (Wildman–Crippen MR) is 318 cm³/mol. The van der Waals surface area contributed by atoms with Crippen molar-refractivity contribution >= 4 is 201 Å². The molecular formula is C31H56F4O43S16. The van der Waals surface area contributed by atoms with Crippen LogP contribution < -0.4 is 0 Å². The Labute approximate surface area is 540 Å². The van der Waals surface area contributed by atoms with Crippen LogP contribution in [0.3, 0.4) is 0 Å². The minimum atomic E-state index is -5.16. The van der Waals surface area contributed by atoms with Crippen molar-refractivity contribution in [2.75, 3.05) is 59.0 Å². The van der Waals surface area contributed by atoms with Gasteiger partial charge in [-0.15, -0.1) is 8.78 Å². The molecule has 0 N–H and O–H groups in total. The van der Waals surface area contributed by atoms with Gasteiger partial charge < -0.3 is 8.37 Å². The van der Waals surface area contributed by atoms with Gasteiger partial charge in [-0.3, -0.25) is 25.1 Å². The van der Waals surface area contributed by atoms with Crippen molar-refractivity contribution in [1.29, 1.82) is 0 Å². The first kappa shape index (κ1) is 90.1. The maximum absolute atomic E-state index is 12.6. The molecule has 562 valence electrons. The second-order valence-electron chi connectivity index (χ2n) is 19.1. The van der Waals surface area contributed by atoms with Gasteiger partial charge in [0, 0.05) is 0 Å². The van der Waals surface area contributed by atoms with Gasteiger partial charge in [-0.25, -0.2) is 59.3 Å². The summed E-state index contributed by atoms with van der Waals surface area (Å²) < 4.78 is 390. The standard InChI is InChI=1S/C6H12O6S2.2C5H10O5S2.C4H8O5S2.2C3H4F2O5S2.C3H6O5S2.C2H2O7S2/c1-5(2)11-13(7,8)6(3,4)14(9,10)12-5;1-5(2)9-11(3,6)4-12(7,8)10-5;1-5(2)11(3,6)9-4-10-12(5,7)8;1-10(5)4-11(6,7)9-3-2-8-10;1-11(6)2-12(7,8)10-3(4,5)9-11;1-11(6)3(4,5)12(7,8)10-2-9-11;1-9(4)3-10(5,6)8-2-7-9;3-2-8-10(4,5)1-11(6,7)9-2/h1-4H3;2*3-4H2,1-2H3;1-4H2;2*1-2H2;1-3H2;1H2. The van der Waals surface area contributed by atoms with Crippen LogP contribution in [0.5, 0.6) is 0 Å². The minimum Gasteiger partial charge on any atom is -0.310 e. The molecule has 6 atom stereocenters. The van der Waals surface area contributed by atoms with Crippen LogP contribution in [0.4, 0.5) is 22.4 Å². The first-order valence-corrected chi connectivity index (χ1v) is 47.9. The van der Waals surface area contributed by atoms with Gasteiger partial charge in [-0.2, -0.15) is 97.1 Å². The highest BCUT2D eigenvalue weighted by molar-refractivity contribution is 8.12. The summed E-state index contributed by atoms with van der Waals surface area (Å²) in [6.45, 7) is 7.64. The fraction of sp³-hybridized carbons (Fsp3) is 0.774. The van der Waals surface area contributed by atoms with Crippen LogP contribution in [0.1, 0.15) is 55.4 Å². The van der Waals surface area contributed by atoms with Gasteiger partial charge in [-0.1, -0.05) is 0 Å². The zero-order valence-corrected chi connectivity index (χ0v) is 61.5. The van der Waals surface area contributed by atoms with Crippen molar-refractivity contribution < 1.29 is 199 Å². The Morgan fingerprint density at radius 1 is 0.309 bits per heavy atom. The van der Waals surface area contributed by atoms with E-state index in [1.165, 1.54) is 41.5 Å². The van der Waals surface area contributed by atoms with E-state index in [0.29, 0.717) is 0 Å². The zero-order chi connectivity index (χ0) is 75.0. The fourth-order valence-corrected chi connectivity index (χ4v) is 27.2. The Bertz CT molecular complexity index is 4360. The summed E-state index contributed by atoms with van der Waals surface area (Å²) in [5.74, 6) is 14.7. The molecule has 8 rings (SSSR count). The molecule has 6 unspecified atom stereocenters. The van der Waals surface area contributed by atoms with Gasteiger partial charge in [0.25, 0.3) is 70.8 Å². The average Bonchev–Trinajstić information content (AvgIpc) is 0.775. The smallest absolute Gasteiger partial charge is 0.310 e. The number of carbonyl (C=O) groups is 1. The third kappa shape index (κ3) is 27.5. The molecule has 0 aliphatic carbocycles. The second kappa shape index (κ2) is 29.2. The Hall–Kier alpha value is -1.95. The fourth-order valence-electron chi connectivity index (χ4n) is 5.03. The highest BCUT2D eigenvalue weighted by atomic mass is 32.3. The minimum absolute atomic E-state index is 0.00155. The van der Waals surface area contributed by atoms with Gasteiger partial charge in [0.15, 0.2) is 66.2 Å². The van der Waals surface area contributed by atoms with Crippen molar-refractivity contribution in [3.63, 3.8) is 0 Å². The van der Waals surface area contributed by atoms with Crippen LogP contribution in [0.25, 0.3) is 0 Å². The molecule has 0 amide bonds. The van der Waals surface area contributed by atoms with Crippen LogP contribution in [0.15, 0.2) is 0 Å². The molecule has 94 heavy (non-hydrogen) atoms. The third-order valence-electron chi connectivity index (χ3n) is 8.97. The Morgan fingerprint density at radius 3 is 0.979 bits per heavy atom.